The van der Waals surface area contributed by atoms with Gasteiger partial charge in [-0.15, -0.1) is 0 Å². The van der Waals surface area contributed by atoms with Crippen molar-refractivity contribution < 1.29 is 4.79 Å². The van der Waals surface area contributed by atoms with Crippen LogP contribution >= 0.6 is 11.8 Å². The minimum Gasteiger partial charge on any atom is -0.398 e. The lowest BCUT2D eigenvalue weighted by Gasteiger charge is -2.10. The third-order valence-corrected chi connectivity index (χ3v) is 4.31. The molecule has 0 bridgehead atoms. The topological polar surface area (TPSA) is 55.1 Å². The molecule has 104 valence electrons. The first kappa shape index (κ1) is 14.5. The molecular formula is C16H18N2OS. The number of amides is 1. The maximum atomic E-state index is 11.6. The molecular weight excluding hydrogens is 268 g/mol. The molecule has 0 fully saturated rings. The summed E-state index contributed by atoms with van der Waals surface area (Å²) in [4.78, 5) is 13.7. The summed E-state index contributed by atoms with van der Waals surface area (Å²) >= 11 is 1.63. The predicted octanol–water partition coefficient (Wildman–Crippen LogP) is 3.40. The van der Waals surface area contributed by atoms with Crippen molar-refractivity contribution in [1.82, 2.24) is 5.32 Å². The van der Waals surface area contributed by atoms with Gasteiger partial charge in [-0.1, -0.05) is 23.9 Å². The molecule has 0 spiro atoms. The number of nitrogens with one attached hydrogen (secondary N) is 1. The van der Waals surface area contributed by atoms with Gasteiger partial charge in [0.25, 0.3) is 5.91 Å². The second-order valence-electron chi connectivity index (χ2n) is 4.70. The summed E-state index contributed by atoms with van der Waals surface area (Å²) < 4.78 is 0. The van der Waals surface area contributed by atoms with Crippen LogP contribution in [0.15, 0.2) is 46.2 Å². The summed E-state index contributed by atoms with van der Waals surface area (Å²) in [6, 6.07) is 11.7. The Morgan fingerprint density at radius 1 is 1.10 bits per heavy atom. The number of anilines is 1. The molecule has 0 unspecified atom stereocenters. The smallest absolute Gasteiger partial charge is 0.251 e. The second-order valence-corrected chi connectivity index (χ2v) is 5.79. The van der Waals surface area contributed by atoms with Gasteiger partial charge in [-0.05, 0) is 49.2 Å². The van der Waals surface area contributed by atoms with E-state index in [4.69, 9.17) is 5.73 Å². The monoisotopic (exact) mass is 286 g/mol. The molecule has 0 aromatic heterocycles. The molecule has 0 aliphatic heterocycles. The molecule has 0 saturated carbocycles. The Bertz CT molecular complexity index is 653. The molecule has 4 heteroatoms. The Kier molecular flexibility index (Phi) is 4.35. The van der Waals surface area contributed by atoms with Gasteiger partial charge in [0.05, 0.1) is 0 Å². The van der Waals surface area contributed by atoms with Crippen LogP contribution in [0.1, 0.15) is 21.5 Å². The number of benzene rings is 2. The molecule has 2 rings (SSSR count). The Morgan fingerprint density at radius 2 is 1.85 bits per heavy atom. The number of carbonyl (C=O) groups is 1. The molecule has 0 aliphatic rings. The molecule has 0 radical (unpaired) electrons. The highest BCUT2D eigenvalue weighted by Gasteiger charge is 2.09. The molecule has 3 N–H and O–H groups in total. The van der Waals surface area contributed by atoms with E-state index in [2.05, 4.69) is 37.4 Å². The van der Waals surface area contributed by atoms with Crippen molar-refractivity contribution in [2.24, 2.45) is 0 Å². The molecule has 2 aromatic rings. The van der Waals surface area contributed by atoms with Crippen molar-refractivity contribution >= 4 is 23.4 Å². The van der Waals surface area contributed by atoms with E-state index < -0.39 is 0 Å². The van der Waals surface area contributed by atoms with Crippen LogP contribution in [0, 0.1) is 13.8 Å². The van der Waals surface area contributed by atoms with E-state index in [1.807, 2.05) is 6.07 Å². The van der Waals surface area contributed by atoms with E-state index in [0.717, 1.165) is 4.90 Å². The fourth-order valence-electron chi connectivity index (χ4n) is 1.86. The van der Waals surface area contributed by atoms with Crippen molar-refractivity contribution in [1.29, 1.82) is 0 Å². The number of aryl methyl sites for hydroxylation is 2. The van der Waals surface area contributed by atoms with E-state index in [0.29, 0.717) is 11.3 Å². The first-order valence-corrected chi connectivity index (χ1v) is 7.19. The van der Waals surface area contributed by atoms with Gasteiger partial charge < -0.3 is 11.1 Å². The van der Waals surface area contributed by atoms with Crippen LogP contribution < -0.4 is 11.1 Å². The van der Waals surface area contributed by atoms with Crippen molar-refractivity contribution in [2.45, 2.75) is 23.6 Å². The number of nitrogens with two attached hydrogens (primary N) is 1. The lowest BCUT2D eigenvalue weighted by molar-refractivity contribution is 0.0963. The van der Waals surface area contributed by atoms with Crippen LogP contribution in [-0.4, -0.2) is 13.0 Å². The SMILES string of the molecule is CNC(=O)c1ccc(Sc2cc(C)ccc2C)c(N)c1. The van der Waals surface area contributed by atoms with Crippen LogP contribution in [0.5, 0.6) is 0 Å². The Morgan fingerprint density at radius 3 is 2.50 bits per heavy atom. The first-order valence-electron chi connectivity index (χ1n) is 6.38. The van der Waals surface area contributed by atoms with Crippen LogP contribution in [0.2, 0.25) is 0 Å². The van der Waals surface area contributed by atoms with Crippen LogP contribution in [0.3, 0.4) is 0 Å². The van der Waals surface area contributed by atoms with Crippen molar-refractivity contribution in [2.75, 3.05) is 12.8 Å². The lowest BCUT2D eigenvalue weighted by Crippen LogP contribution is -2.17. The minimum absolute atomic E-state index is 0.125. The van der Waals surface area contributed by atoms with E-state index in [-0.39, 0.29) is 5.91 Å². The highest BCUT2D eigenvalue weighted by atomic mass is 32.2. The molecule has 0 atom stereocenters. The normalized spacial score (nSPS) is 10.3. The number of hydrogen-bond donors (Lipinski definition) is 2. The molecule has 1 amide bonds. The van der Waals surface area contributed by atoms with Gasteiger partial charge >= 0.3 is 0 Å². The summed E-state index contributed by atoms with van der Waals surface area (Å²) in [7, 11) is 1.61. The maximum Gasteiger partial charge on any atom is 0.251 e. The third kappa shape index (κ3) is 3.14. The summed E-state index contributed by atoms with van der Waals surface area (Å²) in [5.41, 5.74) is 9.69. The summed E-state index contributed by atoms with van der Waals surface area (Å²) in [5.74, 6) is -0.125. The zero-order chi connectivity index (χ0) is 14.7. The minimum atomic E-state index is -0.125. The number of hydrogen-bond acceptors (Lipinski definition) is 3. The summed E-state index contributed by atoms with van der Waals surface area (Å²) in [5, 5.41) is 2.59. The largest absolute Gasteiger partial charge is 0.398 e. The molecule has 0 heterocycles. The van der Waals surface area contributed by atoms with Gasteiger partial charge in [-0.25, -0.2) is 0 Å². The highest BCUT2D eigenvalue weighted by Crippen LogP contribution is 2.34. The van der Waals surface area contributed by atoms with E-state index in [9.17, 15) is 4.79 Å². The average molecular weight is 286 g/mol. The molecule has 3 nitrogen and oxygen atoms in total. The first-order chi connectivity index (χ1) is 9.51. The van der Waals surface area contributed by atoms with E-state index in [1.54, 1.807) is 30.9 Å². The summed E-state index contributed by atoms with van der Waals surface area (Å²) in [6.07, 6.45) is 0. The van der Waals surface area contributed by atoms with Crippen LogP contribution in [0.4, 0.5) is 5.69 Å². The lowest BCUT2D eigenvalue weighted by atomic mass is 10.2. The predicted molar refractivity (Wildman–Crippen MR) is 84.3 cm³/mol. The van der Waals surface area contributed by atoms with Crippen LogP contribution in [-0.2, 0) is 0 Å². The number of nitrogen functional groups attached to an aromatic ring is 1. The number of carbonyl (C=O) groups excluding carboxylic acids is 1. The fourth-order valence-corrected chi connectivity index (χ4v) is 2.89. The zero-order valence-electron chi connectivity index (χ0n) is 11.9. The molecule has 0 saturated heterocycles. The van der Waals surface area contributed by atoms with E-state index in [1.165, 1.54) is 16.0 Å². The van der Waals surface area contributed by atoms with Crippen molar-refractivity contribution in [3.8, 4) is 0 Å². The van der Waals surface area contributed by atoms with Gasteiger partial charge in [0, 0.05) is 28.1 Å². The van der Waals surface area contributed by atoms with E-state index >= 15 is 0 Å². The number of rotatable bonds is 3. The zero-order valence-corrected chi connectivity index (χ0v) is 12.7. The summed E-state index contributed by atoms with van der Waals surface area (Å²) in [6.45, 7) is 4.15. The third-order valence-electron chi connectivity index (χ3n) is 3.06. The van der Waals surface area contributed by atoms with Crippen molar-refractivity contribution in [3.63, 3.8) is 0 Å². The fraction of sp³-hybridized carbons (Fsp3) is 0.188. The highest BCUT2D eigenvalue weighted by molar-refractivity contribution is 7.99. The standard InChI is InChI=1S/C16H18N2OS/c1-10-4-5-11(2)15(8-10)20-14-7-6-12(9-13(14)17)16(19)18-3/h4-9H,17H2,1-3H3,(H,18,19). The van der Waals surface area contributed by atoms with Gasteiger partial charge in [0.1, 0.15) is 0 Å². The average Bonchev–Trinajstić information content (AvgIpc) is 2.44. The van der Waals surface area contributed by atoms with Crippen LogP contribution in [0.25, 0.3) is 0 Å². The van der Waals surface area contributed by atoms with Gasteiger partial charge in [-0.3, -0.25) is 4.79 Å². The second kappa shape index (κ2) is 6.01. The molecule has 2 aromatic carbocycles. The Labute approximate surface area is 123 Å². The van der Waals surface area contributed by atoms with Gasteiger partial charge in [0.15, 0.2) is 0 Å². The molecule has 0 aliphatic carbocycles. The Balaban J connectivity index is 2.30. The van der Waals surface area contributed by atoms with Gasteiger partial charge in [-0.2, -0.15) is 0 Å². The van der Waals surface area contributed by atoms with Crippen molar-refractivity contribution in [3.05, 3.63) is 53.1 Å². The Hall–Kier alpha value is -1.94. The van der Waals surface area contributed by atoms with Gasteiger partial charge in [0.2, 0.25) is 0 Å². The maximum absolute atomic E-state index is 11.6. The quantitative estimate of drug-likeness (QED) is 0.850. The molecule has 20 heavy (non-hydrogen) atoms.